The van der Waals surface area contributed by atoms with Crippen molar-refractivity contribution in [1.82, 2.24) is 10.3 Å². The van der Waals surface area contributed by atoms with Gasteiger partial charge in [-0.3, -0.25) is 4.98 Å². The second kappa shape index (κ2) is 6.86. The SMILES string of the molecule is CCCNC(Cc1cccnc1)C1CC1c1ccccc1. The Balaban J connectivity index is 1.66. The number of hydrogen-bond donors (Lipinski definition) is 1. The minimum Gasteiger partial charge on any atom is -0.313 e. The van der Waals surface area contributed by atoms with Gasteiger partial charge in [-0.15, -0.1) is 0 Å². The first kappa shape index (κ1) is 14.3. The molecule has 0 aliphatic heterocycles. The molecule has 1 aromatic heterocycles. The third-order valence-electron chi connectivity index (χ3n) is 4.42. The van der Waals surface area contributed by atoms with Crippen LogP contribution in [0.25, 0.3) is 0 Å². The third-order valence-corrected chi connectivity index (χ3v) is 4.42. The van der Waals surface area contributed by atoms with Crippen molar-refractivity contribution >= 4 is 0 Å². The number of nitrogens with one attached hydrogen (secondary N) is 1. The van der Waals surface area contributed by atoms with Gasteiger partial charge in [-0.25, -0.2) is 0 Å². The van der Waals surface area contributed by atoms with Gasteiger partial charge in [-0.2, -0.15) is 0 Å². The van der Waals surface area contributed by atoms with E-state index in [0.29, 0.717) is 6.04 Å². The van der Waals surface area contributed by atoms with Gasteiger partial charge in [-0.1, -0.05) is 43.3 Å². The second-order valence-corrected chi connectivity index (χ2v) is 6.04. The van der Waals surface area contributed by atoms with E-state index in [1.54, 1.807) is 0 Å². The Hall–Kier alpha value is -1.67. The lowest BCUT2D eigenvalue weighted by atomic mass is 9.99. The van der Waals surface area contributed by atoms with Crippen LogP contribution in [-0.2, 0) is 6.42 Å². The van der Waals surface area contributed by atoms with E-state index >= 15 is 0 Å². The molecular formula is C19H24N2. The molecule has 0 spiro atoms. The van der Waals surface area contributed by atoms with E-state index in [4.69, 9.17) is 0 Å². The van der Waals surface area contributed by atoms with Crippen LogP contribution in [0, 0.1) is 5.92 Å². The van der Waals surface area contributed by atoms with Gasteiger partial charge in [0.05, 0.1) is 0 Å². The molecule has 21 heavy (non-hydrogen) atoms. The van der Waals surface area contributed by atoms with E-state index in [1.165, 1.54) is 24.0 Å². The molecular weight excluding hydrogens is 256 g/mol. The largest absolute Gasteiger partial charge is 0.313 e. The molecule has 2 aromatic rings. The Morgan fingerprint density at radius 2 is 2.05 bits per heavy atom. The zero-order valence-corrected chi connectivity index (χ0v) is 12.7. The molecule has 0 saturated heterocycles. The van der Waals surface area contributed by atoms with Crippen molar-refractivity contribution in [2.24, 2.45) is 5.92 Å². The number of pyridine rings is 1. The summed E-state index contributed by atoms with van der Waals surface area (Å²) in [6.45, 7) is 3.33. The monoisotopic (exact) mass is 280 g/mol. The molecule has 3 atom stereocenters. The summed E-state index contributed by atoms with van der Waals surface area (Å²) in [5.41, 5.74) is 2.83. The van der Waals surface area contributed by atoms with Crippen LogP contribution >= 0.6 is 0 Å². The fraction of sp³-hybridized carbons (Fsp3) is 0.421. The highest BCUT2D eigenvalue weighted by molar-refractivity contribution is 5.27. The summed E-state index contributed by atoms with van der Waals surface area (Å²) >= 11 is 0. The van der Waals surface area contributed by atoms with E-state index in [1.807, 2.05) is 18.5 Å². The summed E-state index contributed by atoms with van der Waals surface area (Å²) in [6.07, 6.45) is 7.43. The number of aromatic nitrogens is 1. The number of nitrogens with zero attached hydrogens (tertiary/aromatic N) is 1. The predicted molar refractivity (Wildman–Crippen MR) is 87.3 cm³/mol. The molecule has 0 amide bonds. The molecule has 1 N–H and O–H groups in total. The van der Waals surface area contributed by atoms with Gasteiger partial charge in [0.25, 0.3) is 0 Å². The molecule has 3 rings (SSSR count). The van der Waals surface area contributed by atoms with Crippen LogP contribution in [0.4, 0.5) is 0 Å². The van der Waals surface area contributed by atoms with Crippen LogP contribution in [0.2, 0.25) is 0 Å². The van der Waals surface area contributed by atoms with E-state index < -0.39 is 0 Å². The van der Waals surface area contributed by atoms with Crippen molar-refractivity contribution in [3.05, 3.63) is 66.0 Å². The Morgan fingerprint density at radius 3 is 2.76 bits per heavy atom. The van der Waals surface area contributed by atoms with Gasteiger partial charge in [0, 0.05) is 18.4 Å². The molecule has 1 aliphatic rings. The molecule has 2 nitrogen and oxygen atoms in total. The van der Waals surface area contributed by atoms with Crippen LogP contribution in [0.5, 0.6) is 0 Å². The quantitative estimate of drug-likeness (QED) is 0.834. The van der Waals surface area contributed by atoms with E-state index in [2.05, 4.69) is 53.6 Å². The lowest BCUT2D eigenvalue weighted by molar-refractivity contribution is 0.452. The summed E-state index contributed by atoms with van der Waals surface area (Å²) in [7, 11) is 0. The zero-order valence-electron chi connectivity index (χ0n) is 12.7. The average molecular weight is 280 g/mol. The standard InChI is InChI=1S/C19H24N2/c1-2-10-21-19(12-15-7-6-11-20-14-15)18-13-17(18)16-8-4-3-5-9-16/h3-9,11,14,17-19,21H,2,10,12-13H2,1H3. The van der Waals surface area contributed by atoms with Gasteiger partial charge in [0.1, 0.15) is 0 Å². The number of hydrogen-bond acceptors (Lipinski definition) is 2. The van der Waals surface area contributed by atoms with Crippen LogP contribution in [-0.4, -0.2) is 17.6 Å². The smallest absolute Gasteiger partial charge is 0.0300 e. The maximum atomic E-state index is 4.25. The minimum absolute atomic E-state index is 0.569. The predicted octanol–water partition coefficient (Wildman–Crippen LogP) is 3.80. The summed E-state index contributed by atoms with van der Waals surface area (Å²) < 4.78 is 0. The van der Waals surface area contributed by atoms with Gasteiger partial charge in [0.2, 0.25) is 0 Å². The minimum atomic E-state index is 0.569. The topological polar surface area (TPSA) is 24.9 Å². The lowest BCUT2D eigenvalue weighted by Gasteiger charge is -2.19. The maximum absolute atomic E-state index is 4.25. The normalized spacial score (nSPS) is 22.0. The number of rotatable bonds is 7. The van der Waals surface area contributed by atoms with E-state index in [-0.39, 0.29) is 0 Å². The highest BCUT2D eigenvalue weighted by Crippen LogP contribution is 2.50. The molecule has 110 valence electrons. The first-order valence-electron chi connectivity index (χ1n) is 8.05. The summed E-state index contributed by atoms with van der Waals surface area (Å²) in [5, 5.41) is 3.75. The van der Waals surface area contributed by atoms with Gasteiger partial charge >= 0.3 is 0 Å². The highest BCUT2D eigenvalue weighted by Gasteiger charge is 2.43. The summed E-state index contributed by atoms with van der Waals surface area (Å²) in [4.78, 5) is 4.25. The first-order chi connectivity index (χ1) is 10.4. The fourth-order valence-electron chi connectivity index (χ4n) is 3.22. The van der Waals surface area contributed by atoms with Crippen molar-refractivity contribution < 1.29 is 0 Å². The Kier molecular flexibility index (Phi) is 4.66. The molecule has 1 aliphatic carbocycles. The first-order valence-corrected chi connectivity index (χ1v) is 8.05. The average Bonchev–Trinajstić information content (AvgIpc) is 3.34. The summed E-state index contributed by atoms with van der Waals surface area (Å²) in [5.74, 6) is 1.50. The van der Waals surface area contributed by atoms with Crippen molar-refractivity contribution in [3.63, 3.8) is 0 Å². The molecule has 1 heterocycles. The molecule has 3 unspecified atom stereocenters. The van der Waals surface area contributed by atoms with Crippen LogP contribution in [0.15, 0.2) is 54.9 Å². The van der Waals surface area contributed by atoms with Crippen LogP contribution in [0.3, 0.4) is 0 Å². The van der Waals surface area contributed by atoms with Crippen molar-refractivity contribution in [2.45, 2.75) is 38.1 Å². The lowest BCUT2D eigenvalue weighted by Crippen LogP contribution is -2.34. The van der Waals surface area contributed by atoms with Crippen LogP contribution in [0.1, 0.15) is 36.8 Å². The third kappa shape index (κ3) is 3.70. The molecule has 1 fully saturated rings. The van der Waals surface area contributed by atoms with E-state index in [9.17, 15) is 0 Å². The van der Waals surface area contributed by atoms with Crippen molar-refractivity contribution in [1.29, 1.82) is 0 Å². The van der Waals surface area contributed by atoms with Gasteiger partial charge in [-0.05, 0) is 54.8 Å². The molecule has 2 heteroatoms. The Morgan fingerprint density at radius 1 is 1.19 bits per heavy atom. The molecule has 0 radical (unpaired) electrons. The van der Waals surface area contributed by atoms with Crippen molar-refractivity contribution in [3.8, 4) is 0 Å². The Bertz CT molecular complexity index is 538. The van der Waals surface area contributed by atoms with E-state index in [0.717, 1.165) is 24.8 Å². The second-order valence-electron chi connectivity index (χ2n) is 6.04. The van der Waals surface area contributed by atoms with Gasteiger partial charge < -0.3 is 5.32 Å². The fourth-order valence-corrected chi connectivity index (χ4v) is 3.22. The van der Waals surface area contributed by atoms with Crippen LogP contribution < -0.4 is 5.32 Å². The highest BCUT2D eigenvalue weighted by atomic mass is 14.9. The molecule has 1 aromatic carbocycles. The summed E-state index contributed by atoms with van der Waals surface area (Å²) in [6, 6.07) is 15.7. The zero-order chi connectivity index (χ0) is 14.5. The number of benzene rings is 1. The maximum Gasteiger partial charge on any atom is 0.0300 e. The molecule has 1 saturated carbocycles. The van der Waals surface area contributed by atoms with Gasteiger partial charge in [0.15, 0.2) is 0 Å². The molecule has 0 bridgehead atoms. The Labute approximate surface area is 127 Å². The van der Waals surface area contributed by atoms with Crippen molar-refractivity contribution in [2.75, 3.05) is 6.54 Å².